The van der Waals surface area contributed by atoms with E-state index in [2.05, 4.69) is 0 Å². The van der Waals surface area contributed by atoms with Crippen molar-refractivity contribution >= 4 is 17.1 Å². The number of hydrogen-bond donors (Lipinski definition) is 0. The van der Waals surface area contributed by atoms with E-state index in [4.69, 9.17) is 9.47 Å². The predicted octanol–water partition coefficient (Wildman–Crippen LogP) is 2.37. The molecule has 15 heavy (non-hydrogen) atoms. The summed E-state index contributed by atoms with van der Waals surface area (Å²) in [5, 5.41) is 1.89. The molecule has 1 fully saturated rings. The van der Waals surface area contributed by atoms with Gasteiger partial charge in [-0.3, -0.25) is 4.79 Å². The van der Waals surface area contributed by atoms with Gasteiger partial charge in [-0.1, -0.05) is 0 Å². The third-order valence-electron chi connectivity index (χ3n) is 2.66. The van der Waals surface area contributed by atoms with Gasteiger partial charge in [0.1, 0.15) is 10.6 Å². The Morgan fingerprint density at radius 3 is 2.93 bits per heavy atom. The van der Waals surface area contributed by atoms with Gasteiger partial charge < -0.3 is 9.47 Å². The molecule has 1 aromatic rings. The number of Topliss-reactive ketones (excluding diaryl/α,β-unsaturated/α-hetero) is 1. The first-order valence-electron chi connectivity index (χ1n) is 5.06. The van der Waals surface area contributed by atoms with Crippen LogP contribution in [0.25, 0.3) is 0 Å². The minimum Gasteiger partial charge on any atom is -0.495 e. The van der Waals surface area contributed by atoms with Gasteiger partial charge in [-0.25, -0.2) is 0 Å². The normalized spacial score (nSPS) is 17.7. The molecule has 1 aliphatic rings. The van der Waals surface area contributed by atoms with Crippen molar-refractivity contribution in [1.82, 2.24) is 0 Å². The highest BCUT2D eigenvalue weighted by molar-refractivity contribution is 7.12. The minimum absolute atomic E-state index is 0.117. The molecule has 1 aliphatic heterocycles. The first-order valence-corrected chi connectivity index (χ1v) is 5.94. The van der Waals surface area contributed by atoms with Crippen LogP contribution in [0.1, 0.15) is 22.5 Å². The summed E-state index contributed by atoms with van der Waals surface area (Å²) in [6.07, 6.45) is 1.67. The Labute approximate surface area is 93.0 Å². The van der Waals surface area contributed by atoms with Crippen LogP contribution in [0.3, 0.4) is 0 Å². The first kappa shape index (κ1) is 10.6. The van der Waals surface area contributed by atoms with E-state index in [0.717, 1.165) is 17.7 Å². The van der Waals surface area contributed by atoms with Crippen molar-refractivity contribution in [3.05, 3.63) is 16.3 Å². The van der Waals surface area contributed by atoms with Gasteiger partial charge >= 0.3 is 0 Å². The van der Waals surface area contributed by atoms with Crippen molar-refractivity contribution in [2.45, 2.75) is 12.8 Å². The highest BCUT2D eigenvalue weighted by Crippen LogP contribution is 2.30. The fourth-order valence-electron chi connectivity index (χ4n) is 1.78. The molecule has 0 aliphatic carbocycles. The Kier molecular flexibility index (Phi) is 3.38. The van der Waals surface area contributed by atoms with Crippen molar-refractivity contribution < 1.29 is 14.3 Å². The predicted molar refractivity (Wildman–Crippen MR) is 58.7 cm³/mol. The monoisotopic (exact) mass is 226 g/mol. The lowest BCUT2D eigenvalue weighted by Crippen LogP contribution is -2.23. The van der Waals surface area contributed by atoms with E-state index < -0.39 is 0 Å². The van der Waals surface area contributed by atoms with Gasteiger partial charge in [0.15, 0.2) is 5.78 Å². The van der Waals surface area contributed by atoms with Crippen molar-refractivity contribution in [2.75, 3.05) is 20.3 Å². The lowest BCUT2D eigenvalue weighted by molar-refractivity contribution is 0.0546. The Bertz CT molecular complexity index is 339. The smallest absolute Gasteiger partial charge is 0.179 e. The number of carbonyl (C=O) groups is 1. The molecule has 82 valence electrons. The van der Waals surface area contributed by atoms with Gasteiger partial charge in [0.05, 0.1) is 7.11 Å². The van der Waals surface area contributed by atoms with E-state index in [1.165, 1.54) is 11.3 Å². The topological polar surface area (TPSA) is 35.5 Å². The van der Waals surface area contributed by atoms with Crippen LogP contribution in [0, 0.1) is 5.92 Å². The fourth-order valence-corrected chi connectivity index (χ4v) is 2.66. The molecule has 0 bridgehead atoms. The standard InChI is InChI=1S/C11H14O3S/c1-13-9-4-7-15-11(9)10(12)8-2-5-14-6-3-8/h4,7-8H,2-3,5-6H2,1H3. The maximum absolute atomic E-state index is 12.1. The Morgan fingerprint density at radius 2 is 2.27 bits per heavy atom. The van der Waals surface area contributed by atoms with E-state index in [-0.39, 0.29) is 11.7 Å². The summed E-state index contributed by atoms with van der Waals surface area (Å²) in [7, 11) is 1.60. The van der Waals surface area contributed by atoms with Crippen LogP contribution in [-0.4, -0.2) is 26.1 Å². The molecule has 1 saturated heterocycles. The molecule has 0 saturated carbocycles. The number of ether oxygens (including phenoxy) is 2. The SMILES string of the molecule is COc1ccsc1C(=O)C1CCOCC1. The van der Waals surface area contributed by atoms with Crippen LogP contribution >= 0.6 is 11.3 Å². The van der Waals surface area contributed by atoms with Crippen LogP contribution in [0.2, 0.25) is 0 Å². The van der Waals surface area contributed by atoms with E-state index in [1.54, 1.807) is 7.11 Å². The first-order chi connectivity index (χ1) is 7.33. The van der Waals surface area contributed by atoms with E-state index in [0.29, 0.717) is 19.0 Å². The zero-order chi connectivity index (χ0) is 10.7. The molecular weight excluding hydrogens is 212 g/mol. The second-order valence-corrected chi connectivity index (χ2v) is 4.49. The van der Waals surface area contributed by atoms with Gasteiger partial charge in [-0.2, -0.15) is 0 Å². The highest BCUT2D eigenvalue weighted by atomic mass is 32.1. The molecule has 1 aromatic heterocycles. The van der Waals surface area contributed by atoms with Gasteiger partial charge in [0.2, 0.25) is 0 Å². The number of methoxy groups -OCH3 is 1. The Balaban J connectivity index is 2.12. The molecule has 2 rings (SSSR count). The van der Waals surface area contributed by atoms with Crippen molar-refractivity contribution in [2.24, 2.45) is 5.92 Å². The van der Waals surface area contributed by atoms with E-state index in [9.17, 15) is 4.79 Å². The minimum atomic E-state index is 0.117. The van der Waals surface area contributed by atoms with Crippen LogP contribution in [0.4, 0.5) is 0 Å². The zero-order valence-corrected chi connectivity index (χ0v) is 9.51. The largest absolute Gasteiger partial charge is 0.495 e. The fraction of sp³-hybridized carbons (Fsp3) is 0.545. The number of thiophene rings is 1. The van der Waals surface area contributed by atoms with Crippen LogP contribution in [0.5, 0.6) is 5.75 Å². The zero-order valence-electron chi connectivity index (χ0n) is 8.69. The Morgan fingerprint density at radius 1 is 1.53 bits per heavy atom. The lowest BCUT2D eigenvalue weighted by Gasteiger charge is -2.20. The van der Waals surface area contributed by atoms with Gasteiger partial charge in [0, 0.05) is 19.1 Å². The Hall–Kier alpha value is -0.870. The molecule has 0 spiro atoms. The number of hydrogen-bond acceptors (Lipinski definition) is 4. The average molecular weight is 226 g/mol. The quantitative estimate of drug-likeness (QED) is 0.742. The van der Waals surface area contributed by atoms with Crippen LogP contribution in [0.15, 0.2) is 11.4 Å². The van der Waals surface area contributed by atoms with E-state index >= 15 is 0 Å². The van der Waals surface area contributed by atoms with Gasteiger partial charge in [-0.05, 0) is 24.3 Å². The molecule has 0 unspecified atom stereocenters. The maximum Gasteiger partial charge on any atom is 0.179 e. The molecule has 0 N–H and O–H groups in total. The third-order valence-corrected chi connectivity index (χ3v) is 3.58. The molecule has 0 atom stereocenters. The molecule has 3 nitrogen and oxygen atoms in total. The average Bonchev–Trinajstić information content (AvgIpc) is 2.77. The van der Waals surface area contributed by atoms with Crippen LogP contribution in [-0.2, 0) is 4.74 Å². The van der Waals surface area contributed by atoms with Crippen LogP contribution < -0.4 is 4.74 Å². The van der Waals surface area contributed by atoms with Crippen molar-refractivity contribution in [3.8, 4) is 5.75 Å². The maximum atomic E-state index is 12.1. The summed E-state index contributed by atoms with van der Waals surface area (Å²) in [4.78, 5) is 12.9. The second-order valence-electron chi connectivity index (χ2n) is 3.57. The molecule has 2 heterocycles. The molecule has 0 aromatic carbocycles. The molecule has 0 amide bonds. The van der Waals surface area contributed by atoms with Crippen molar-refractivity contribution in [1.29, 1.82) is 0 Å². The summed E-state index contributed by atoms with van der Waals surface area (Å²) < 4.78 is 10.4. The molecular formula is C11H14O3S. The summed E-state index contributed by atoms with van der Waals surface area (Å²) in [5.74, 6) is 1.04. The summed E-state index contributed by atoms with van der Waals surface area (Å²) in [6.45, 7) is 1.40. The summed E-state index contributed by atoms with van der Waals surface area (Å²) in [6, 6.07) is 1.84. The highest BCUT2D eigenvalue weighted by Gasteiger charge is 2.25. The summed E-state index contributed by atoms with van der Waals surface area (Å²) >= 11 is 1.46. The molecule has 0 radical (unpaired) electrons. The third kappa shape index (κ3) is 2.21. The van der Waals surface area contributed by atoms with E-state index in [1.807, 2.05) is 11.4 Å². The van der Waals surface area contributed by atoms with Gasteiger partial charge in [-0.15, -0.1) is 11.3 Å². The second kappa shape index (κ2) is 4.77. The summed E-state index contributed by atoms with van der Waals surface area (Å²) in [5.41, 5.74) is 0. The number of carbonyl (C=O) groups excluding carboxylic acids is 1. The number of rotatable bonds is 3. The lowest BCUT2D eigenvalue weighted by atomic mass is 9.94. The van der Waals surface area contributed by atoms with Crippen molar-refractivity contribution in [3.63, 3.8) is 0 Å². The van der Waals surface area contributed by atoms with Gasteiger partial charge in [0.25, 0.3) is 0 Å². The molecule has 4 heteroatoms. The number of ketones is 1.